The third kappa shape index (κ3) is 4.16. The van der Waals surface area contributed by atoms with Gasteiger partial charge in [-0.25, -0.2) is 4.98 Å². The lowest BCUT2D eigenvalue weighted by atomic mass is 9.90. The second kappa shape index (κ2) is 9.19. The standard InChI is InChI=1S/C26H25N3O3S/c1-31-21-12-13-22(32-2)24-23(21)28-26(33-24)29(16-20-9-5-6-14-27-20)25(30)19-11-10-17-7-3-4-8-18(17)15-19/h5-6,9-15H,3-4,7-8,16H2,1-2H3. The Morgan fingerprint density at radius 2 is 1.79 bits per heavy atom. The van der Waals surface area contributed by atoms with Gasteiger partial charge in [-0.3, -0.25) is 14.7 Å². The first-order valence-corrected chi connectivity index (χ1v) is 11.8. The molecule has 0 saturated heterocycles. The lowest BCUT2D eigenvalue weighted by Crippen LogP contribution is -2.31. The molecule has 4 aromatic rings. The summed E-state index contributed by atoms with van der Waals surface area (Å²) in [6, 6.07) is 15.5. The van der Waals surface area contributed by atoms with Gasteiger partial charge in [0.15, 0.2) is 5.13 Å². The van der Waals surface area contributed by atoms with E-state index in [9.17, 15) is 4.79 Å². The lowest BCUT2D eigenvalue weighted by Gasteiger charge is -2.21. The van der Waals surface area contributed by atoms with E-state index >= 15 is 0 Å². The monoisotopic (exact) mass is 459 g/mol. The van der Waals surface area contributed by atoms with Crippen LogP contribution in [-0.2, 0) is 19.4 Å². The largest absolute Gasteiger partial charge is 0.495 e. The maximum Gasteiger partial charge on any atom is 0.260 e. The second-order valence-corrected chi connectivity index (χ2v) is 9.02. The van der Waals surface area contributed by atoms with Gasteiger partial charge in [0.25, 0.3) is 5.91 Å². The fourth-order valence-corrected chi connectivity index (χ4v) is 5.36. The topological polar surface area (TPSA) is 64.6 Å². The van der Waals surface area contributed by atoms with Crippen LogP contribution >= 0.6 is 11.3 Å². The van der Waals surface area contributed by atoms with Crippen LogP contribution in [0.1, 0.15) is 40.0 Å². The maximum atomic E-state index is 13.8. The highest BCUT2D eigenvalue weighted by atomic mass is 32.1. The van der Waals surface area contributed by atoms with Crippen molar-refractivity contribution in [2.45, 2.75) is 32.2 Å². The third-order valence-corrected chi connectivity index (χ3v) is 7.11. The average molecular weight is 460 g/mol. The molecule has 7 heteroatoms. The summed E-state index contributed by atoms with van der Waals surface area (Å²) in [6.07, 6.45) is 6.22. The molecule has 0 aliphatic heterocycles. The number of fused-ring (bicyclic) bond motifs is 2. The zero-order chi connectivity index (χ0) is 22.8. The van der Waals surface area contributed by atoms with E-state index in [2.05, 4.69) is 17.1 Å². The Morgan fingerprint density at radius 1 is 1.00 bits per heavy atom. The highest BCUT2D eigenvalue weighted by molar-refractivity contribution is 7.22. The second-order valence-electron chi connectivity index (χ2n) is 8.05. The molecule has 0 radical (unpaired) electrons. The van der Waals surface area contributed by atoms with Gasteiger partial charge in [-0.2, -0.15) is 0 Å². The summed E-state index contributed by atoms with van der Waals surface area (Å²) < 4.78 is 11.9. The van der Waals surface area contributed by atoms with Crippen molar-refractivity contribution in [3.05, 3.63) is 77.1 Å². The molecule has 6 nitrogen and oxygen atoms in total. The summed E-state index contributed by atoms with van der Waals surface area (Å²) in [5.74, 6) is 1.26. The summed E-state index contributed by atoms with van der Waals surface area (Å²) in [6.45, 7) is 0.321. The molecule has 1 amide bonds. The number of ether oxygens (including phenoxy) is 2. The van der Waals surface area contributed by atoms with Crippen LogP contribution in [0.25, 0.3) is 10.2 Å². The Labute approximate surface area is 196 Å². The van der Waals surface area contributed by atoms with Gasteiger partial charge >= 0.3 is 0 Å². The van der Waals surface area contributed by atoms with Crippen molar-refractivity contribution < 1.29 is 14.3 Å². The lowest BCUT2D eigenvalue weighted by molar-refractivity contribution is 0.0984. The number of carbonyl (C=O) groups is 1. The molecule has 1 aliphatic carbocycles. The molecule has 2 aromatic carbocycles. The van der Waals surface area contributed by atoms with Crippen LogP contribution in [0.4, 0.5) is 5.13 Å². The third-order valence-electron chi connectivity index (χ3n) is 6.02. The van der Waals surface area contributed by atoms with Crippen LogP contribution in [0.3, 0.4) is 0 Å². The quantitative estimate of drug-likeness (QED) is 0.384. The number of methoxy groups -OCH3 is 2. The van der Waals surface area contributed by atoms with Crippen LogP contribution in [0.5, 0.6) is 11.5 Å². The van der Waals surface area contributed by atoms with Gasteiger partial charge in [0.05, 0.1) is 26.5 Å². The van der Waals surface area contributed by atoms with Crippen LogP contribution in [0.15, 0.2) is 54.7 Å². The number of amides is 1. The van der Waals surface area contributed by atoms with Crippen LogP contribution < -0.4 is 14.4 Å². The fraction of sp³-hybridized carbons (Fsp3) is 0.269. The Kier molecular flexibility index (Phi) is 5.96. The number of anilines is 1. The molecule has 33 heavy (non-hydrogen) atoms. The van der Waals surface area contributed by atoms with Crippen molar-refractivity contribution in [2.24, 2.45) is 0 Å². The zero-order valence-corrected chi connectivity index (χ0v) is 19.5. The average Bonchev–Trinajstić information content (AvgIpc) is 3.32. The Morgan fingerprint density at radius 3 is 2.55 bits per heavy atom. The molecule has 1 aliphatic rings. The molecule has 0 fully saturated rings. The van der Waals surface area contributed by atoms with E-state index in [1.165, 1.54) is 35.3 Å². The number of thiazole rings is 1. The molecule has 168 valence electrons. The van der Waals surface area contributed by atoms with Gasteiger partial charge in [0, 0.05) is 11.8 Å². The number of carbonyl (C=O) groups excluding carboxylic acids is 1. The first kappa shape index (κ1) is 21.4. The van der Waals surface area contributed by atoms with Gasteiger partial charge in [0.2, 0.25) is 0 Å². The predicted molar refractivity (Wildman–Crippen MR) is 131 cm³/mol. The number of rotatable bonds is 6. The van der Waals surface area contributed by atoms with Gasteiger partial charge in [0.1, 0.15) is 21.7 Å². The van der Waals surface area contributed by atoms with Crippen LogP contribution in [0.2, 0.25) is 0 Å². The minimum Gasteiger partial charge on any atom is -0.495 e. The Balaban J connectivity index is 1.60. The smallest absolute Gasteiger partial charge is 0.260 e. The van der Waals surface area contributed by atoms with E-state index in [4.69, 9.17) is 14.5 Å². The van der Waals surface area contributed by atoms with Gasteiger partial charge in [-0.05, 0) is 73.2 Å². The molecule has 0 unspecified atom stereocenters. The van der Waals surface area contributed by atoms with Gasteiger partial charge in [-0.15, -0.1) is 0 Å². The van der Waals surface area contributed by atoms with Crippen molar-refractivity contribution in [2.75, 3.05) is 19.1 Å². The van der Waals surface area contributed by atoms with Crippen LogP contribution in [0, 0.1) is 0 Å². The van der Waals surface area contributed by atoms with E-state index in [1.807, 2.05) is 36.4 Å². The van der Waals surface area contributed by atoms with E-state index in [1.54, 1.807) is 25.3 Å². The maximum absolute atomic E-state index is 13.8. The van der Waals surface area contributed by atoms with Crippen molar-refractivity contribution in [1.82, 2.24) is 9.97 Å². The Hall–Kier alpha value is -3.45. The summed E-state index contributed by atoms with van der Waals surface area (Å²) in [4.78, 5) is 24.8. The minimum atomic E-state index is -0.0917. The summed E-state index contributed by atoms with van der Waals surface area (Å²) in [5.41, 5.74) is 4.77. The van der Waals surface area contributed by atoms with Crippen molar-refractivity contribution in [1.29, 1.82) is 0 Å². The number of aromatic nitrogens is 2. The first-order valence-electron chi connectivity index (χ1n) is 11.0. The number of hydrogen-bond donors (Lipinski definition) is 0. The highest BCUT2D eigenvalue weighted by Gasteiger charge is 2.25. The van der Waals surface area contributed by atoms with E-state index in [0.29, 0.717) is 34.3 Å². The SMILES string of the molecule is COc1ccc(OC)c2sc(N(Cc3ccccn3)C(=O)c3ccc4c(c3)CCCC4)nc12. The van der Waals surface area contributed by atoms with E-state index < -0.39 is 0 Å². The zero-order valence-electron chi connectivity index (χ0n) is 18.7. The molecule has 5 rings (SSSR count). The predicted octanol–water partition coefficient (Wildman–Crippen LogP) is 5.43. The highest BCUT2D eigenvalue weighted by Crippen LogP contribution is 2.40. The van der Waals surface area contributed by atoms with E-state index in [-0.39, 0.29) is 5.91 Å². The first-order chi connectivity index (χ1) is 16.2. The molecular formula is C26H25N3O3S. The minimum absolute atomic E-state index is 0.0917. The van der Waals surface area contributed by atoms with Crippen molar-refractivity contribution >= 4 is 32.6 Å². The molecule has 0 N–H and O–H groups in total. The molecule has 0 saturated carbocycles. The number of nitrogens with zero attached hydrogens (tertiary/aromatic N) is 3. The fourth-order valence-electron chi connectivity index (χ4n) is 4.29. The summed E-state index contributed by atoms with van der Waals surface area (Å²) in [7, 11) is 3.24. The van der Waals surface area contributed by atoms with Crippen molar-refractivity contribution in [3.8, 4) is 11.5 Å². The Bertz CT molecular complexity index is 1260. The van der Waals surface area contributed by atoms with Crippen LogP contribution in [-0.4, -0.2) is 30.1 Å². The number of benzene rings is 2. The molecule has 0 atom stereocenters. The number of aryl methyl sites for hydroxylation is 2. The molecular weight excluding hydrogens is 434 g/mol. The van der Waals surface area contributed by atoms with Crippen molar-refractivity contribution in [3.63, 3.8) is 0 Å². The van der Waals surface area contributed by atoms with Gasteiger partial charge in [-0.1, -0.05) is 23.5 Å². The normalized spacial score (nSPS) is 12.9. The molecule has 2 aromatic heterocycles. The van der Waals surface area contributed by atoms with E-state index in [0.717, 1.165) is 23.2 Å². The molecule has 0 spiro atoms. The van der Waals surface area contributed by atoms with Gasteiger partial charge < -0.3 is 9.47 Å². The summed E-state index contributed by atoms with van der Waals surface area (Å²) in [5, 5.41) is 0.584. The molecule has 2 heterocycles. The number of hydrogen-bond acceptors (Lipinski definition) is 6. The molecule has 0 bridgehead atoms. The number of pyridine rings is 1. The summed E-state index contributed by atoms with van der Waals surface area (Å²) >= 11 is 1.42.